The maximum absolute atomic E-state index is 5.21. The van der Waals surface area contributed by atoms with Crippen molar-refractivity contribution in [1.82, 2.24) is 39.4 Å². The lowest BCUT2D eigenvalue weighted by Gasteiger charge is -2.31. The van der Waals surface area contributed by atoms with E-state index in [2.05, 4.69) is 37.8 Å². The van der Waals surface area contributed by atoms with Crippen molar-refractivity contribution in [1.29, 1.82) is 0 Å². The van der Waals surface area contributed by atoms with E-state index in [9.17, 15) is 0 Å². The third-order valence-electron chi connectivity index (χ3n) is 6.56. The lowest BCUT2D eigenvalue weighted by molar-refractivity contribution is 0.119. The van der Waals surface area contributed by atoms with E-state index in [4.69, 9.17) is 14.8 Å². The number of pyridine rings is 1. The zero-order chi connectivity index (χ0) is 24.0. The molecule has 5 heterocycles. The van der Waals surface area contributed by atoms with Crippen molar-refractivity contribution in [2.45, 2.75) is 38.8 Å². The van der Waals surface area contributed by atoms with Crippen LogP contribution in [0.2, 0.25) is 0 Å². The summed E-state index contributed by atoms with van der Waals surface area (Å²) in [6, 6.07) is 6.34. The van der Waals surface area contributed by atoms with Crippen molar-refractivity contribution in [3.05, 3.63) is 66.8 Å². The second-order valence-corrected chi connectivity index (χ2v) is 8.92. The van der Waals surface area contributed by atoms with Gasteiger partial charge in [-0.2, -0.15) is 10.2 Å². The van der Waals surface area contributed by atoms with Gasteiger partial charge in [0.05, 0.1) is 24.5 Å². The molecule has 1 fully saturated rings. The maximum Gasteiger partial charge on any atom is 0.133 e. The largest absolute Gasteiger partial charge is 0.383 e. The minimum absolute atomic E-state index is 0.441. The average molecular weight is 473 g/mol. The van der Waals surface area contributed by atoms with E-state index in [0.717, 1.165) is 79.5 Å². The number of hydrogen-bond acceptors (Lipinski definition) is 7. The monoisotopic (exact) mass is 472 g/mol. The number of hydrogen-bond donors (Lipinski definition) is 0. The molecule has 182 valence electrons. The van der Waals surface area contributed by atoms with Crippen LogP contribution in [0.15, 0.2) is 55.4 Å². The molecule has 0 bridgehead atoms. The molecule has 0 atom stereocenters. The molecule has 0 unspecified atom stereocenters. The van der Waals surface area contributed by atoms with Crippen LogP contribution in [-0.4, -0.2) is 72.8 Å². The minimum Gasteiger partial charge on any atom is -0.383 e. The van der Waals surface area contributed by atoms with Gasteiger partial charge in [-0.15, -0.1) is 0 Å². The van der Waals surface area contributed by atoms with E-state index < -0.39 is 0 Å². The zero-order valence-corrected chi connectivity index (χ0v) is 20.4. The third kappa shape index (κ3) is 5.47. The molecule has 0 saturated carbocycles. The Labute approximate surface area is 205 Å². The summed E-state index contributed by atoms with van der Waals surface area (Å²) < 4.78 is 9.27. The number of aryl methyl sites for hydroxylation is 1. The van der Waals surface area contributed by atoms with Crippen LogP contribution in [0.5, 0.6) is 0 Å². The molecule has 0 spiro atoms. The van der Waals surface area contributed by atoms with Gasteiger partial charge in [-0.1, -0.05) is 0 Å². The Hall–Kier alpha value is -3.43. The van der Waals surface area contributed by atoms with E-state index >= 15 is 0 Å². The molecule has 4 aromatic heterocycles. The highest BCUT2D eigenvalue weighted by Crippen LogP contribution is 2.29. The van der Waals surface area contributed by atoms with Crippen LogP contribution < -0.4 is 0 Å². The maximum atomic E-state index is 5.21. The van der Waals surface area contributed by atoms with E-state index in [1.165, 1.54) is 0 Å². The second-order valence-electron chi connectivity index (χ2n) is 8.92. The van der Waals surface area contributed by atoms with Crippen LogP contribution in [0.4, 0.5) is 0 Å². The van der Waals surface area contributed by atoms with Gasteiger partial charge in [0.2, 0.25) is 0 Å². The molecule has 9 heteroatoms. The second kappa shape index (κ2) is 10.9. The Kier molecular flexibility index (Phi) is 7.25. The highest BCUT2D eigenvalue weighted by Gasteiger charge is 2.21. The molecule has 1 aliphatic heterocycles. The summed E-state index contributed by atoms with van der Waals surface area (Å²) in [5.41, 5.74) is 4.84. The number of likely N-dealkylation sites (tertiary alicyclic amines) is 1. The molecule has 9 nitrogen and oxygen atoms in total. The summed E-state index contributed by atoms with van der Waals surface area (Å²) in [5.74, 6) is 0.776. The fourth-order valence-corrected chi connectivity index (χ4v) is 4.60. The van der Waals surface area contributed by atoms with Crippen LogP contribution in [0.3, 0.4) is 0 Å². The summed E-state index contributed by atoms with van der Waals surface area (Å²) in [5, 5.41) is 9.43. The third-order valence-corrected chi connectivity index (χ3v) is 6.56. The van der Waals surface area contributed by atoms with Gasteiger partial charge in [0, 0.05) is 81.8 Å². The van der Waals surface area contributed by atoms with E-state index in [-0.39, 0.29) is 0 Å². The predicted molar refractivity (Wildman–Crippen MR) is 134 cm³/mol. The van der Waals surface area contributed by atoms with Crippen LogP contribution >= 0.6 is 0 Å². The van der Waals surface area contributed by atoms with Crippen LogP contribution in [0.25, 0.3) is 22.5 Å². The van der Waals surface area contributed by atoms with E-state index in [1.807, 2.05) is 47.7 Å². The molecule has 5 rings (SSSR count). The van der Waals surface area contributed by atoms with Crippen LogP contribution in [0, 0.1) is 0 Å². The van der Waals surface area contributed by atoms with Gasteiger partial charge in [0.15, 0.2) is 0 Å². The number of methoxy groups -OCH3 is 1. The SMILES string of the molecule is CCn1cc(-c2ccnc(Cc3cnn(C4CCN(CCOC)CC4)c3)n2)c(-c2cccnc2)n1. The quantitative estimate of drug-likeness (QED) is 0.368. The fraction of sp³-hybridized carbons (Fsp3) is 0.423. The van der Waals surface area contributed by atoms with Gasteiger partial charge in [-0.05, 0) is 43.5 Å². The normalized spacial score (nSPS) is 15.0. The Morgan fingerprint density at radius 3 is 2.74 bits per heavy atom. The van der Waals surface area contributed by atoms with E-state index in [0.29, 0.717) is 12.5 Å². The average Bonchev–Trinajstić information content (AvgIpc) is 3.56. The first-order chi connectivity index (χ1) is 17.2. The van der Waals surface area contributed by atoms with Gasteiger partial charge < -0.3 is 9.64 Å². The first-order valence-electron chi connectivity index (χ1n) is 12.3. The van der Waals surface area contributed by atoms with Crippen molar-refractivity contribution in [2.75, 3.05) is 33.4 Å². The molecule has 0 radical (unpaired) electrons. The smallest absolute Gasteiger partial charge is 0.133 e. The summed E-state index contributed by atoms with van der Waals surface area (Å²) in [6.45, 7) is 6.82. The molecule has 0 amide bonds. The molecule has 0 aliphatic carbocycles. The van der Waals surface area contributed by atoms with Gasteiger partial charge in [-0.3, -0.25) is 14.3 Å². The van der Waals surface area contributed by atoms with Gasteiger partial charge >= 0.3 is 0 Å². The van der Waals surface area contributed by atoms with E-state index in [1.54, 1.807) is 13.3 Å². The van der Waals surface area contributed by atoms with Gasteiger partial charge in [-0.25, -0.2) is 9.97 Å². The minimum atomic E-state index is 0.441. The summed E-state index contributed by atoms with van der Waals surface area (Å²) in [6.07, 6.45) is 14.4. The first kappa shape index (κ1) is 23.3. The lowest BCUT2D eigenvalue weighted by Crippen LogP contribution is -2.36. The summed E-state index contributed by atoms with van der Waals surface area (Å²) in [7, 11) is 1.76. The van der Waals surface area contributed by atoms with Crippen molar-refractivity contribution < 1.29 is 4.74 Å². The Morgan fingerprint density at radius 1 is 1.09 bits per heavy atom. The molecular weight excluding hydrogens is 440 g/mol. The first-order valence-corrected chi connectivity index (χ1v) is 12.3. The molecule has 0 aromatic carbocycles. The predicted octanol–water partition coefficient (Wildman–Crippen LogP) is 3.49. The van der Waals surface area contributed by atoms with Crippen LogP contribution in [0.1, 0.15) is 37.2 Å². The van der Waals surface area contributed by atoms with Gasteiger partial charge in [0.1, 0.15) is 11.5 Å². The summed E-state index contributed by atoms with van der Waals surface area (Å²) >= 11 is 0. The topological polar surface area (TPSA) is 86.8 Å². The van der Waals surface area contributed by atoms with Crippen molar-refractivity contribution >= 4 is 0 Å². The Morgan fingerprint density at radius 2 is 1.97 bits per heavy atom. The summed E-state index contributed by atoms with van der Waals surface area (Å²) in [4.78, 5) is 16.2. The van der Waals surface area contributed by atoms with Gasteiger partial charge in [0.25, 0.3) is 0 Å². The standard InChI is InChI=1S/C26H32N8O/c1-3-33-19-23(26(31-33)21-5-4-9-27-17-21)24-6-10-28-25(30-24)15-20-16-29-34(18-20)22-7-11-32(12-8-22)13-14-35-2/h4-6,9-10,16-19,22H,3,7-8,11-15H2,1-2H3. The number of piperidine rings is 1. The highest BCUT2D eigenvalue weighted by atomic mass is 16.5. The number of aromatic nitrogens is 7. The molecule has 35 heavy (non-hydrogen) atoms. The molecule has 1 aliphatic rings. The number of nitrogens with zero attached hydrogens (tertiary/aromatic N) is 8. The number of ether oxygens (including phenoxy) is 1. The van der Waals surface area contributed by atoms with Crippen LogP contribution in [-0.2, 0) is 17.7 Å². The van der Waals surface area contributed by atoms with Crippen molar-refractivity contribution in [2.24, 2.45) is 0 Å². The fourth-order valence-electron chi connectivity index (χ4n) is 4.60. The molecular formula is C26H32N8O. The Balaban J connectivity index is 1.30. The molecule has 1 saturated heterocycles. The number of rotatable bonds is 9. The molecule has 0 N–H and O–H groups in total. The molecule has 4 aromatic rings. The zero-order valence-electron chi connectivity index (χ0n) is 20.4. The highest BCUT2D eigenvalue weighted by molar-refractivity contribution is 5.78. The van der Waals surface area contributed by atoms with Crippen molar-refractivity contribution in [3.8, 4) is 22.5 Å². The Bertz CT molecular complexity index is 1230. The van der Waals surface area contributed by atoms with Crippen molar-refractivity contribution in [3.63, 3.8) is 0 Å². The lowest BCUT2D eigenvalue weighted by atomic mass is 10.1.